The lowest BCUT2D eigenvalue weighted by molar-refractivity contribution is 0.0505. The number of aromatic nitrogens is 2. The van der Waals surface area contributed by atoms with Crippen LogP contribution < -0.4 is 5.32 Å². The molecule has 0 spiro atoms. The number of amides is 1. The molecule has 1 unspecified atom stereocenters. The molecular formula is C15H18BrN3O3. The highest BCUT2D eigenvalue weighted by Crippen LogP contribution is 2.27. The summed E-state index contributed by atoms with van der Waals surface area (Å²) in [5.41, 5.74) is 0.243. The van der Waals surface area contributed by atoms with Gasteiger partial charge in [-0.2, -0.15) is 4.98 Å². The lowest BCUT2D eigenvalue weighted by atomic mass is 10.2. The molecule has 1 aromatic carbocycles. The van der Waals surface area contributed by atoms with Gasteiger partial charge in [0.15, 0.2) is 5.82 Å². The van der Waals surface area contributed by atoms with Crippen molar-refractivity contribution in [3.63, 3.8) is 0 Å². The van der Waals surface area contributed by atoms with Gasteiger partial charge in [0, 0.05) is 4.47 Å². The van der Waals surface area contributed by atoms with Gasteiger partial charge in [0.2, 0.25) is 0 Å². The van der Waals surface area contributed by atoms with Crippen LogP contribution in [-0.4, -0.2) is 21.8 Å². The van der Waals surface area contributed by atoms with Gasteiger partial charge in [-0.15, -0.1) is 0 Å². The third-order valence-electron chi connectivity index (χ3n) is 2.67. The number of carbonyl (C=O) groups excluding carboxylic acids is 1. The van der Waals surface area contributed by atoms with Crippen LogP contribution in [0.4, 0.5) is 4.79 Å². The van der Waals surface area contributed by atoms with Gasteiger partial charge in [-0.25, -0.2) is 4.79 Å². The van der Waals surface area contributed by atoms with E-state index in [1.807, 2.05) is 24.3 Å². The summed E-state index contributed by atoms with van der Waals surface area (Å²) < 4.78 is 11.3. The average molecular weight is 368 g/mol. The summed E-state index contributed by atoms with van der Waals surface area (Å²) >= 11 is 3.44. The zero-order chi connectivity index (χ0) is 16.3. The lowest BCUT2D eigenvalue weighted by Gasteiger charge is -2.20. The van der Waals surface area contributed by atoms with E-state index in [1.54, 1.807) is 27.7 Å². The largest absolute Gasteiger partial charge is 0.444 e. The minimum absolute atomic E-state index is 0.386. The van der Waals surface area contributed by atoms with E-state index in [2.05, 4.69) is 31.4 Å². The number of halogens is 1. The number of hydrogen-bond donors (Lipinski definition) is 1. The highest BCUT2D eigenvalue weighted by Gasteiger charge is 2.21. The first-order valence-corrected chi connectivity index (χ1v) is 7.63. The molecule has 0 aliphatic rings. The quantitative estimate of drug-likeness (QED) is 0.883. The van der Waals surface area contributed by atoms with Crippen molar-refractivity contribution >= 4 is 22.0 Å². The van der Waals surface area contributed by atoms with Crippen LogP contribution in [0.25, 0.3) is 11.5 Å². The first-order chi connectivity index (χ1) is 10.3. The van der Waals surface area contributed by atoms with Crippen LogP contribution in [0.1, 0.15) is 39.6 Å². The Kier molecular flexibility index (Phi) is 4.85. The summed E-state index contributed by atoms with van der Waals surface area (Å²) in [4.78, 5) is 16.1. The van der Waals surface area contributed by atoms with Crippen LogP contribution in [-0.2, 0) is 4.74 Å². The second-order valence-electron chi connectivity index (χ2n) is 5.81. The fraction of sp³-hybridized carbons (Fsp3) is 0.400. The number of nitrogens with zero attached hydrogens (tertiary/aromatic N) is 2. The van der Waals surface area contributed by atoms with E-state index in [0.29, 0.717) is 11.7 Å². The zero-order valence-corrected chi connectivity index (χ0v) is 14.5. The summed E-state index contributed by atoms with van der Waals surface area (Å²) in [5, 5.41) is 6.58. The normalized spacial score (nSPS) is 12.8. The van der Waals surface area contributed by atoms with Gasteiger partial charge in [0.1, 0.15) is 5.60 Å². The SMILES string of the molecule is CC(NC(=O)OC(C)(C)C)c1noc(-c2ccccc2Br)n1. The fourth-order valence-corrected chi connectivity index (χ4v) is 2.16. The van der Waals surface area contributed by atoms with Crippen molar-refractivity contribution in [2.45, 2.75) is 39.3 Å². The molecule has 1 aromatic heterocycles. The number of ether oxygens (including phenoxy) is 1. The van der Waals surface area contributed by atoms with Gasteiger partial charge in [-0.05, 0) is 55.8 Å². The molecule has 2 rings (SSSR count). The van der Waals surface area contributed by atoms with Crippen LogP contribution in [0.2, 0.25) is 0 Å². The molecule has 2 aromatic rings. The molecule has 6 nitrogen and oxygen atoms in total. The number of nitrogens with one attached hydrogen (secondary N) is 1. The Bertz CT molecular complexity index is 664. The molecule has 7 heteroatoms. The standard InChI is InChI=1S/C15H18BrN3O3/c1-9(17-14(20)21-15(2,3)4)12-18-13(22-19-12)10-7-5-6-8-11(10)16/h5-9H,1-4H3,(H,17,20). The molecule has 1 N–H and O–H groups in total. The van der Waals surface area contributed by atoms with Gasteiger partial charge in [-0.1, -0.05) is 17.3 Å². The maximum atomic E-state index is 11.7. The average Bonchev–Trinajstić information content (AvgIpc) is 2.86. The Morgan fingerprint density at radius 2 is 2.05 bits per heavy atom. The van der Waals surface area contributed by atoms with Crippen LogP contribution >= 0.6 is 15.9 Å². The van der Waals surface area contributed by atoms with Crippen LogP contribution in [0.3, 0.4) is 0 Å². The molecule has 0 fully saturated rings. The van der Waals surface area contributed by atoms with Crippen molar-refractivity contribution in [1.29, 1.82) is 0 Å². The predicted molar refractivity (Wildman–Crippen MR) is 85.2 cm³/mol. The van der Waals surface area contributed by atoms with Crippen LogP contribution in [0.15, 0.2) is 33.3 Å². The Morgan fingerprint density at radius 1 is 1.36 bits per heavy atom. The van der Waals surface area contributed by atoms with Gasteiger partial charge in [-0.3, -0.25) is 0 Å². The molecule has 1 atom stereocenters. The molecule has 118 valence electrons. The summed E-state index contributed by atoms with van der Waals surface area (Å²) in [5.74, 6) is 0.775. The second-order valence-corrected chi connectivity index (χ2v) is 6.66. The fourth-order valence-electron chi connectivity index (χ4n) is 1.70. The molecule has 0 radical (unpaired) electrons. The predicted octanol–water partition coefficient (Wildman–Crippen LogP) is 4.08. The van der Waals surface area contributed by atoms with E-state index in [-0.39, 0.29) is 0 Å². The lowest BCUT2D eigenvalue weighted by Crippen LogP contribution is -2.34. The summed E-state index contributed by atoms with van der Waals surface area (Å²) in [6.45, 7) is 7.17. The Labute approximate surface area is 137 Å². The number of benzene rings is 1. The van der Waals surface area contributed by atoms with E-state index in [0.717, 1.165) is 10.0 Å². The van der Waals surface area contributed by atoms with Gasteiger partial charge < -0.3 is 14.6 Å². The van der Waals surface area contributed by atoms with Crippen molar-refractivity contribution in [3.05, 3.63) is 34.6 Å². The minimum Gasteiger partial charge on any atom is -0.444 e. The van der Waals surface area contributed by atoms with Crippen molar-refractivity contribution < 1.29 is 14.1 Å². The molecule has 1 amide bonds. The number of alkyl carbamates (subject to hydrolysis) is 1. The second kappa shape index (κ2) is 6.48. The number of carbonyl (C=O) groups is 1. The van der Waals surface area contributed by atoms with E-state index < -0.39 is 17.7 Å². The molecular weight excluding hydrogens is 350 g/mol. The monoisotopic (exact) mass is 367 g/mol. The Morgan fingerprint density at radius 3 is 2.68 bits per heavy atom. The molecule has 0 saturated heterocycles. The summed E-state index contributed by atoms with van der Waals surface area (Å²) in [7, 11) is 0. The van der Waals surface area contributed by atoms with E-state index >= 15 is 0 Å². The molecule has 0 saturated carbocycles. The van der Waals surface area contributed by atoms with Gasteiger partial charge in [0.05, 0.1) is 11.6 Å². The third-order valence-corrected chi connectivity index (χ3v) is 3.36. The first-order valence-electron chi connectivity index (χ1n) is 6.84. The van der Waals surface area contributed by atoms with Crippen molar-refractivity contribution in [1.82, 2.24) is 15.5 Å². The number of hydrogen-bond acceptors (Lipinski definition) is 5. The highest BCUT2D eigenvalue weighted by atomic mass is 79.9. The summed E-state index contributed by atoms with van der Waals surface area (Å²) in [6, 6.07) is 7.12. The highest BCUT2D eigenvalue weighted by molar-refractivity contribution is 9.10. The van der Waals surface area contributed by atoms with Gasteiger partial charge in [0.25, 0.3) is 5.89 Å². The van der Waals surface area contributed by atoms with E-state index in [4.69, 9.17) is 9.26 Å². The topological polar surface area (TPSA) is 77.2 Å². The summed E-state index contributed by atoms with van der Waals surface area (Å²) in [6.07, 6.45) is -0.521. The van der Waals surface area contributed by atoms with Crippen molar-refractivity contribution in [2.75, 3.05) is 0 Å². The molecule has 0 aliphatic heterocycles. The van der Waals surface area contributed by atoms with Crippen molar-refractivity contribution in [3.8, 4) is 11.5 Å². The minimum atomic E-state index is -0.554. The smallest absolute Gasteiger partial charge is 0.408 e. The van der Waals surface area contributed by atoms with Crippen molar-refractivity contribution in [2.24, 2.45) is 0 Å². The first kappa shape index (κ1) is 16.5. The van der Waals surface area contributed by atoms with Gasteiger partial charge >= 0.3 is 6.09 Å². The molecule has 0 bridgehead atoms. The van der Waals surface area contributed by atoms with E-state index in [1.165, 1.54) is 0 Å². The maximum Gasteiger partial charge on any atom is 0.408 e. The molecule has 22 heavy (non-hydrogen) atoms. The van der Waals surface area contributed by atoms with E-state index in [9.17, 15) is 4.79 Å². The third kappa shape index (κ3) is 4.30. The molecule has 0 aliphatic carbocycles. The Hall–Kier alpha value is -1.89. The van der Waals surface area contributed by atoms with Crippen LogP contribution in [0.5, 0.6) is 0 Å². The maximum absolute atomic E-state index is 11.7. The number of rotatable bonds is 3. The molecule has 1 heterocycles. The van der Waals surface area contributed by atoms with Crippen LogP contribution in [0, 0.1) is 0 Å². The zero-order valence-electron chi connectivity index (χ0n) is 12.9. The Balaban J connectivity index is 2.08.